The van der Waals surface area contributed by atoms with Gasteiger partial charge >= 0.3 is 17.9 Å². The van der Waals surface area contributed by atoms with Crippen LogP contribution >= 0.6 is 0 Å². The van der Waals surface area contributed by atoms with Crippen LogP contribution in [0.3, 0.4) is 0 Å². The van der Waals surface area contributed by atoms with E-state index >= 15 is 0 Å². The summed E-state index contributed by atoms with van der Waals surface area (Å²) in [5, 5.41) is 0. The second-order valence-corrected chi connectivity index (χ2v) is 17.4. The third kappa shape index (κ3) is 51.1. The highest BCUT2D eigenvalue weighted by Crippen LogP contribution is 2.13. The minimum absolute atomic E-state index is 0.112. The monoisotopic (exact) mass is 915 g/mol. The number of hydrogen-bond donors (Lipinski definition) is 0. The molecule has 1 unspecified atom stereocenters. The molecule has 0 N–H and O–H groups in total. The molecule has 0 saturated carbocycles. The standard InChI is InChI=1S/C60H98O6/c1-4-7-10-13-16-19-22-24-26-28-29-30-31-33-34-36-38-41-44-47-50-53-59(62)65-56-57(55-64-58(61)52-49-46-43-40-21-18-15-12-9-6-3)66-60(63)54-51-48-45-42-39-37-35-32-27-25-23-20-17-14-11-8-5-2/h8,11-12,15,17,20,22,24-25,27-29,31,33,35,37,42,45,57H,4-7,9-10,13-14,16,18-19,21,23,26,30,32,34,36,38-41,43-44,46-56H2,1-3H3/b11-8-,15-12-,20-17-,24-22-,27-25-,29-28-,33-31-,37-35-,45-42-. The maximum absolute atomic E-state index is 12.8. The fraction of sp³-hybridized carbons (Fsp3) is 0.650. The Morgan fingerprint density at radius 2 is 0.636 bits per heavy atom. The van der Waals surface area contributed by atoms with E-state index in [1.165, 1.54) is 64.2 Å². The van der Waals surface area contributed by atoms with Gasteiger partial charge < -0.3 is 14.2 Å². The first-order valence-electron chi connectivity index (χ1n) is 26.9. The first-order chi connectivity index (χ1) is 32.5. The van der Waals surface area contributed by atoms with Crippen LogP contribution in [0.2, 0.25) is 0 Å². The molecule has 0 aliphatic heterocycles. The van der Waals surface area contributed by atoms with Crippen molar-refractivity contribution >= 4 is 17.9 Å². The minimum Gasteiger partial charge on any atom is -0.462 e. The molecule has 0 saturated heterocycles. The summed E-state index contributed by atoms with van der Waals surface area (Å²) in [4.78, 5) is 38.0. The molecule has 0 bridgehead atoms. The average Bonchev–Trinajstić information content (AvgIpc) is 3.31. The van der Waals surface area contributed by atoms with Crippen LogP contribution in [0, 0.1) is 0 Å². The van der Waals surface area contributed by atoms with Crippen molar-refractivity contribution in [3.05, 3.63) is 109 Å². The van der Waals surface area contributed by atoms with Crippen molar-refractivity contribution in [2.24, 2.45) is 0 Å². The Balaban J connectivity index is 4.45. The Labute approximate surface area is 406 Å². The van der Waals surface area contributed by atoms with Crippen LogP contribution in [0.1, 0.15) is 233 Å². The van der Waals surface area contributed by atoms with E-state index in [1.807, 2.05) is 0 Å². The molecule has 6 heteroatoms. The smallest absolute Gasteiger partial charge is 0.306 e. The van der Waals surface area contributed by atoms with Crippen LogP contribution < -0.4 is 0 Å². The van der Waals surface area contributed by atoms with Gasteiger partial charge in [0.15, 0.2) is 6.10 Å². The number of unbranched alkanes of at least 4 members (excludes halogenated alkanes) is 18. The van der Waals surface area contributed by atoms with Gasteiger partial charge in [0.25, 0.3) is 0 Å². The molecule has 374 valence electrons. The van der Waals surface area contributed by atoms with Gasteiger partial charge in [0.1, 0.15) is 13.2 Å². The van der Waals surface area contributed by atoms with Crippen LogP contribution in [0.4, 0.5) is 0 Å². The summed E-state index contributed by atoms with van der Waals surface area (Å²) < 4.78 is 16.7. The van der Waals surface area contributed by atoms with Gasteiger partial charge in [-0.15, -0.1) is 0 Å². The van der Waals surface area contributed by atoms with Gasteiger partial charge in [-0.2, -0.15) is 0 Å². The molecule has 0 fully saturated rings. The highest BCUT2D eigenvalue weighted by atomic mass is 16.6. The van der Waals surface area contributed by atoms with Gasteiger partial charge in [-0.05, 0) is 116 Å². The highest BCUT2D eigenvalue weighted by molar-refractivity contribution is 5.71. The molecule has 66 heavy (non-hydrogen) atoms. The van der Waals surface area contributed by atoms with Gasteiger partial charge in [-0.3, -0.25) is 14.4 Å². The lowest BCUT2D eigenvalue weighted by Gasteiger charge is -2.18. The SMILES string of the molecule is CC/C=C\C/C=C\C/C=C\C/C=C\C/C=C\CCCC(=O)OC(COC(=O)CCCCCCC/C=C\CCC)COC(=O)CCCCCCCC/C=C\C/C=C\C/C=C\CCCCCCC. The summed E-state index contributed by atoms with van der Waals surface area (Å²) in [6, 6.07) is 0. The highest BCUT2D eigenvalue weighted by Gasteiger charge is 2.19. The normalized spacial score (nSPS) is 13.0. The van der Waals surface area contributed by atoms with Gasteiger partial charge in [-0.1, -0.05) is 207 Å². The summed E-state index contributed by atoms with van der Waals surface area (Å²) in [7, 11) is 0. The maximum Gasteiger partial charge on any atom is 0.306 e. The maximum atomic E-state index is 12.8. The number of carbonyl (C=O) groups is 3. The zero-order valence-corrected chi connectivity index (χ0v) is 42.7. The van der Waals surface area contributed by atoms with Crippen molar-refractivity contribution in [3.63, 3.8) is 0 Å². The largest absolute Gasteiger partial charge is 0.462 e. The first-order valence-corrected chi connectivity index (χ1v) is 26.9. The van der Waals surface area contributed by atoms with Gasteiger partial charge in [0, 0.05) is 19.3 Å². The number of allylic oxidation sites excluding steroid dienone is 18. The fourth-order valence-electron chi connectivity index (χ4n) is 6.96. The predicted molar refractivity (Wildman–Crippen MR) is 283 cm³/mol. The molecule has 0 aromatic carbocycles. The molecule has 0 heterocycles. The van der Waals surface area contributed by atoms with Gasteiger partial charge in [-0.25, -0.2) is 0 Å². The molecule has 0 spiro atoms. The van der Waals surface area contributed by atoms with Crippen LogP contribution in [0.5, 0.6) is 0 Å². The van der Waals surface area contributed by atoms with Gasteiger partial charge in [0.2, 0.25) is 0 Å². The second kappa shape index (κ2) is 53.7. The molecule has 0 aromatic rings. The summed E-state index contributed by atoms with van der Waals surface area (Å²) >= 11 is 0. The van der Waals surface area contributed by atoms with Crippen molar-refractivity contribution in [1.29, 1.82) is 0 Å². The Morgan fingerprint density at radius 1 is 0.318 bits per heavy atom. The molecule has 1 atom stereocenters. The molecule has 0 aliphatic rings. The van der Waals surface area contributed by atoms with Crippen molar-refractivity contribution in [3.8, 4) is 0 Å². The molecule has 6 nitrogen and oxygen atoms in total. The van der Waals surface area contributed by atoms with E-state index in [0.717, 1.165) is 122 Å². The minimum atomic E-state index is -0.818. The van der Waals surface area contributed by atoms with E-state index in [9.17, 15) is 14.4 Å². The van der Waals surface area contributed by atoms with E-state index in [1.54, 1.807) is 0 Å². The summed E-state index contributed by atoms with van der Waals surface area (Å²) in [6.07, 6.45) is 72.3. The first kappa shape index (κ1) is 62.1. The Kier molecular flexibility index (Phi) is 50.5. The number of ether oxygens (including phenoxy) is 3. The van der Waals surface area contributed by atoms with Crippen molar-refractivity contribution in [1.82, 2.24) is 0 Å². The van der Waals surface area contributed by atoms with E-state index < -0.39 is 6.10 Å². The third-order valence-electron chi connectivity index (χ3n) is 11.0. The number of esters is 3. The van der Waals surface area contributed by atoms with E-state index in [4.69, 9.17) is 14.2 Å². The summed E-state index contributed by atoms with van der Waals surface area (Å²) in [5.41, 5.74) is 0. The van der Waals surface area contributed by atoms with Crippen LogP contribution in [-0.4, -0.2) is 37.2 Å². The molecule has 0 radical (unpaired) electrons. The Hall–Kier alpha value is -3.93. The Bertz CT molecular complexity index is 1370. The predicted octanol–water partition coefficient (Wildman–Crippen LogP) is 17.9. The topological polar surface area (TPSA) is 78.9 Å². The molecular formula is C60H98O6. The van der Waals surface area contributed by atoms with Crippen LogP contribution in [0.15, 0.2) is 109 Å². The van der Waals surface area contributed by atoms with Gasteiger partial charge in [0.05, 0.1) is 0 Å². The zero-order chi connectivity index (χ0) is 47.9. The molecule has 0 rings (SSSR count). The number of rotatable bonds is 47. The molecule has 0 aliphatic carbocycles. The number of carbonyl (C=O) groups excluding carboxylic acids is 3. The van der Waals surface area contributed by atoms with Crippen molar-refractivity contribution in [2.75, 3.05) is 13.2 Å². The second-order valence-electron chi connectivity index (χ2n) is 17.4. The van der Waals surface area contributed by atoms with E-state index in [-0.39, 0.29) is 37.5 Å². The number of hydrogen-bond acceptors (Lipinski definition) is 6. The average molecular weight is 915 g/mol. The van der Waals surface area contributed by atoms with E-state index in [0.29, 0.717) is 19.3 Å². The molecular weight excluding hydrogens is 817 g/mol. The quantitative estimate of drug-likeness (QED) is 0.0262. The lowest BCUT2D eigenvalue weighted by molar-refractivity contribution is -0.167. The van der Waals surface area contributed by atoms with Crippen molar-refractivity contribution in [2.45, 2.75) is 239 Å². The summed E-state index contributed by atoms with van der Waals surface area (Å²) in [6.45, 7) is 6.37. The van der Waals surface area contributed by atoms with Crippen LogP contribution in [-0.2, 0) is 28.6 Å². The van der Waals surface area contributed by atoms with Crippen molar-refractivity contribution < 1.29 is 28.6 Å². The lowest BCUT2D eigenvalue weighted by atomic mass is 10.1. The summed E-state index contributed by atoms with van der Waals surface area (Å²) in [5.74, 6) is -0.998. The zero-order valence-electron chi connectivity index (χ0n) is 42.7. The Morgan fingerprint density at radius 3 is 1.05 bits per heavy atom. The fourth-order valence-corrected chi connectivity index (χ4v) is 6.96. The lowest BCUT2D eigenvalue weighted by Crippen LogP contribution is -2.30. The van der Waals surface area contributed by atoms with Crippen LogP contribution in [0.25, 0.3) is 0 Å². The molecule has 0 amide bonds. The molecule has 0 aromatic heterocycles. The third-order valence-corrected chi connectivity index (χ3v) is 11.0. The van der Waals surface area contributed by atoms with E-state index in [2.05, 4.69) is 130 Å².